The van der Waals surface area contributed by atoms with Crippen molar-refractivity contribution in [1.29, 1.82) is 0 Å². The number of nitrogens with zero attached hydrogens (tertiary/aromatic N) is 1. The van der Waals surface area contributed by atoms with Gasteiger partial charge in [-0.1, -0.05) is 11.6 Å². The van der Waals surface area contributed by atoms with Crippen molar-refractivity contribution in [2.24, 2.45) is 0 Å². The Morgan fingerprint density at radius 1 is 1.47 bits per heavy atom. The minimum absolute atomic E-state index is 0.0408. The summed E-state index contributed by atoms with van der Waals surface area (Å²) in [4.78, 5) is 24.4. The van der Waals surface area contributed by atoms with Gasteiger partial charge in [0.25, 0.3) is 5.91 Å². The van der Waals surface area contributed by atoms with Crippen molar-refractivity contribution >= 4 is 23.4 Å². The molecule has 1 aliphatic rings. The van der Waals surface area contributed by atoms with Crippen LogP contribution in [-0.2, 0) is 4.79 Å². The van der Waals surface area contributed by atoms with Gasteiger partial charge in [-0.05, 0) is 18.2 Å². The predicted octanol–water partition coefficient (Wildman–Crippen LogP) is 1.05. The first-order valence-electron chi connectivity index (χ1n) is 5.09. The van der Waals surface area contributed by atoms with Crippen molar-refractivity contribution in [2.75, 3.05) is 19.6 Å². The highest BCUT2D eigenvalue weighted by Gasteiger charge is 2.24. The van der Waals surface area contributed by atoms with Crippen molar-refractivity contribution < 1.29 is 14.0 Å². The Morgan fingerprint density at radius 3 is 2.88 bits per heavy atom. The van der Waals surface area contributed by atoms with Crippen LogP contribution >= 0.6 is 11.6 Å². The van der Waals surface area contributed by atoms with Crippen LogP contribution in [0.3, 0.4) is 0 Å². The van der Waals surface area contributed by atoms with Crippen molar-refractivity contribution in [1.82, 2.24) is 10.2 Å². The molecule has 0 aliphatic carbocycles. The lowest BCUT2D eigenvalue weighted by Gasteiger charge is -2.26. The molecule has 1 N–H and O–H groups in total. The van der Waals surface area contributed by atoms with Crippen LogP contribution in [0.1, 0.15) is 10.4 Å². The van der Waals surface area contributed by atoms with Crippen LogP contribution in [0.25, 0.3) is 0 Å². The van der Waals surface area contributed by atoms with Crippen molar-refractivity contribution in [2.45, 2.75) is 0 Å². The van der Waals surface area contributed by atoms with E-state index in [2.05, 4.69) is 5.32 Å². The van der Waals surface area contributed by atoms with Crippen LogP contribution in [0.15, 0.2) is 18.2 Å². The Bertz CT molecular complexity index is 479. The number of rotatable bonds is 1. The van der Waals surface area contributed by atoms with E-state index < -0.39 is 11.7 Å². The van der Waals surface area contributed by atoms with Gasteiger partial charge in [-0.15, -0.1) is 0 Å². The van der Waals surface area contributed by atoms with Crippen LogP contribution in [0.4, 0.5) is 4.39 Å². The molecule has 0 atom stereocenters. The number of benzene rings is 1. The highest BCUT2D eigenvalue weighted by Crippen LogP contribution is 2.16. The van der Waals surface area contributed by atoms with Crippen molar-refractivity contribution in [3.8, 4) is 0 Å². The number of amides is 2. The Kier molecular flexibility index (Phi) is 3.28. The summed E-state index contributed by atoms with van der Waals surface area (Å²) in [6, 6.07) is 3.85. The molecular formula is C11H10ClFN2O2. The highest BCUT2D eigenvalue weighted by atomic mass is 35.5. The largest absolute Gasteiger partial charge is 0.353 e. The third kappa shape index (κ3) is 2.55. The van der Waals surface area contributed by atoms with Gasteiger partial charge in [0.1, 0.15) is 5.82 Å². The quantitative estimate of drug-likeness (QED) is 0.817. The van der Waals surface area contributed by atoms with Gasteiger partial charge < -0.3 is 10.2 Å². The molecule has 0 aromatic heterocycles. The van der Waals surface area contributed by atoms with Crippen LogP contribution in [-0.4, -0.2) is 36.3 Å². The fourth-order valence-corrected chi connectivity index (χ4v) is 1.80. The SMILES string of the molecule is O=C1CN(C(=O)c2ccc(Cl)cc2F)CCN1. The van der Waals surface area contributed by atoms with Gasteiger partial charge in [-0.25, -0.2) is 4.39 Å². The minimum atomic E-state index is -0.673. The van der Waals surface area contributed by atoms with E-state index in [0.717, 1.165) is 6.07 Å². The van der Waals surface area contributed by atoms with E-state index >= 15 is 0 Å². The van der Waals surface area contributed by atoms with E-state index in [1.165, 1.54) is 17.0 Å². The molecule has 0 spiro atoms. The molecule has 2 rings (SSSR count). The molecule has 0 bridgehead atoms. The average molecular weight is 257 g/mol. The third-order valence-electron chi connectivity index (χ3n) is 2.49. The topological polar surface area (TPSA) is 49.4 Å². The lowest BCUT2D eigenvalue weighted by molar-refractivity contribution is -0.123. The second kappa shape index (κ2) is 4.71. The summed E-state index contributed by atoms with van der Waals surface area (Å²) >= 11 is 5.60. The van der Waals surface area contributed by atoms with Gasteiger partial charge >= 0.3 is 0 Å². The molecule has 1 fully saturated rings. The molecular weight excluding hydrogens is 247 g/mol. The number of nitrogens with one attached hydrogen (secondary N) is 1. The molecule has 0 radical (unpaired) electrons. The van der Waals surface area contributed by atoms with Gasteiger partial charge in [0.05, 0.1) is 12.1 Å². The van der Waals surface area contributed by atoms with Crippen LogP contribution < -0.4 is 5.32 Å². The lowest BCUT2D eigenvalue weighted by Crippen LogP contribution is -2.50. The maximum atomic E-state index is 13.5. The smallest absolute Gasteiger partial charge is 0.257 e. The summed E-state index contributed by atoms with van der Waals surface area (Å²) in [5, 5.41) is 2.83. The first kappa shape index (κ1) is 11.9. The number of piperazine rings is 1. The van der Waals surface area contributed by atoms with Crippen LogP contribution in [0.2, 0.25) is 5.02 Å². The first-order valence-corrected chi connectivity index (χ1v) is 5.47. The first-order chi connectivity index (χ1) is 8.08. The van der Waals surface area contributed by atoms with Crippen LogP contribution in [0, 0.1) is 5.82 Å². The molecule has 1 aromatic carbocycles. The van der Waals surface area contributed by atoms with E-state index in [1.807, 2.05) is 0 Å². The van der Waals surface area contributed by atoms with Gasteiger partial charge in [-0.2, -0.15) is 0 Å². The maximum Gasteiger partial charge on any atom is 0.257 e. The average Bonchev–Trinajstić information content (AvgIpc) is 2.28. The normalized spacial score (nSPS) is 15.6. The summed E-state index contributed by atoms with van der Waals surface area (Å²) in [7, 11) is 0. The number of carbonyl (C=O) groups excluding carboxylic acids is 2. The number of carbonyl (C=O) groups is 2. The Hall–Kier alpha value is -1.62. The maximum absolute atomic E-state index is 13.5. The minimum Gasteiger partial charge on any atom is -0.353 e. The Labute approximate surface area is 102 Å². The highest BCUT2D eigenvalue weighted by molar-refractivity contribution is 6.30. The molecule has 17 heavy (non-hydrogen) atoms. The molecule has 1 aliphatic heterocycles. The van der Waals surface area contributed by atoms with E-state index in [1.54, 1.807) is 0 Å². The Morgan fingerprint density at radius 2 is 2.24 bits per heavy atom. The molecule has 6 heteroatoms. The fourth-order valence-electron chi connectivity index (χ4n) is 1.65. The zero-order chi connectivity index (χ0) is 12.4. The molecule has 2 amide bonds. The molecule has 4 nitrogen and oxygen atoms in total. The van der Waals surface area contributed by atoms with E-state index in [4.69, 9.17) is 11.6 Å². The fraction of sp³-hybridized carbons (Fsp3) is 0.273. The second-order valence-electron chi connectivity index (χ2n) is 3.70. The molecule has 0 saturated carbocycles. The van der Waals surface area contributed by atoms with Crippen LogP contribution in [0.5, 0.6) is 0 Å². The second-order valence-corrected chi connectivity index (χ2v) is 4.14. The molecule has 90 valence electrons. The molecule has 1 aromatic rings. The molecule has 1 saturated heterocycles. The van der Waals surface area contributed by atoms with Gasteiger partial charge in [0.2, 0.25) is 5.91 Å². The number of hydrogen-bond donors (Lipinski definition) is 1. The standard InChI is InChI=1S/C11H10ClFN2O2/c12-7-1-2-8(9(13)5-7)11(17)15-4-3-14-10(16)6-15/h1-2,5H,3-4,6H2,(H,14,16). The van der Waals surface area contributed by atoms with Gasteiger partial charge in [0, 0.05) is 18.1 Å². The molecule has 1 heterocycles. The summed E-state index contributed by atoms with van der Waals surface area (Å²) in [6.07, 6.45) is 0. The third-order valence-corrected chi connectivity index (χ3v) is 2.72. The van der Waals surface area contributed by atoms with Crippen molar-refractivity contribution in [3.63, 3.8) is 0 Å². The summed E-state index contributed by atoms with van der Waals surface area (Å²) < 4.78 is 13.5. The lowest BCUT2D eigenvalue weighted by atomic mass is 10.1. The van der Waals surface area contributed by atoms with Gasteiger partial charge in [-0.3, -0.25) is 9.59 Å². The summed E-state index contributed by atoms with van der Waals surface area (Å²) in [6.45, 7) is 0.729. The molecule has 0 unspecified atom stereocenters. The van der Waals surface area contributed by atoms with E-state index in [-0.39, 0.29) is 23.0 Å². The van der Waals surface area contributed by atoms with Crippen molar-refractivity contribution in [3.05, 3.63) is 34.6 Å². The number of halogens is 2. The predicted molar refractivity (Wildman–Crippen MR) is 60.3 cm³/mol. The summed E-state index contributed by atoms with van der Waals surface area (Å²) in [5.41, 5.74) is -0.0656. The number of hydrogen-bond acceptors (Lipinski definition) is 2. The Balaban J connectivity index is 2.21. The van der Waals surface area contributed by atoms with Gasteiger partial charge in [0.15, 0.2) is 0 Å². The zero-order valence-corrected chi connectivity index (χ0v) is 9.63. The zero-order valence-electron chi connectivity index (χ0n) is 8.87. The van der Waals surface area contributed by atoms with E-state index in [9.17, 15) is 14.0 Å². The monoisotopic (exact) mass is 256 g/mol. The summed E-state index contributed by atoms with van der Waals surface area (Å²) in [5.74, 6) is -1.40. The van der Waals surface area contributed by atoms with E-state index in [0.29, 0.717) is 13.1 Å².